The zero-order valence-electron chi connectivity index (χ0n) is 11.9. The molecule has 1 N–H and O–H groups in total. The first kappa shape index (κ1) is 14.6. The molecule has 0 bridgehead atoms. The van der Waals surface area contributed by atoms with Gasteiger partial charge in [0, 0.05) is 24.6 Å². The largest absolute Gasteiger partial charge is 0.490 e. The zero-order chi connectivity index (χ0) is 15.7. The Morgan fingerprint density at radius 2 is 2.23 bits per heavy atom. The van der Waals surface area contributed by atoms with Crippen LogP contribution in [-0.4, -0.2) is 30.1 Å². The zero-order valence-corrected chi connectivity index (χ0v) is 11.9. The predicted octanol–water partition coefficient (Wildman–Crippen LogP) is 2.60. The molecule has 0 aliphatic carbocycles. The van der Waals surface area contributed by atoms with E-state index in [1.165, 1.54) is 6.07 Å². The molecule has 0 aromatic heterocycles. The molecule has 1 fully saturated rings. The molecule has 22 heavy (non-hydrogen) atoms. The first-order valence-electron chi connectivity index (χ1n) is 7.25. The summed E-state index contributed by atoms with van der Waals surface area (Å²) in [7, 11) is 0. The Kier molecular flexibility index (Phi) is 3.88. The minimum absolute atomic E-state index is 0.00729. The number of hydrogen-bond acceptors (Lipinski definition) is 2. The first-order chi connectivity index (χ1) is 10.6. The number of amides is 2. The van der Waals surface area contributed by atoms with Gasteiger partial charge in [-0.1, -0.05) is 5.92 Å². The number of carbonyl (C=O) groups excluding carboxylic acids is 1. The number of fused-ring (bicyclic) bond motifs is 1. The van der Waals surface area contributed by atoms with Crippen LogP contribution in [0, 0.1) is 24.0 Å². The maximum absolute atomic E-state index is 13.7. The van der Waals surface area contributed by atoms with Gasteiger partial charge in [0.15, 0.2) is 11.6 Å². The molecule has 1 aromatic carbocycles. The maximum atomic E-state index is 13.7. The van der Waals surface area contributed by atoms with Crippen LogP contribution in [0.1, 0.15) is 30.9 Å². The summed E-state index contributed by atoms with van der Waals surface area (Å²) in [6.07, 6.45) is 7.51. The fraction of sp³-hybridized carbons (Fsp3) is 0.438. The Hall–Kier alpha value is -2.29. The average molecular weight is 306 g/mol. The summed E-state index contributed by atoms with van der Waals surface area (Å²) < 4.78 is 32.4. The van der Waals surface area contributed by atoms with E-state index >= 15 is 0 Å². The van der Waals surface area contributed by atoms with E-state index in [1.807, 2.05) is 0 Å². The number of terminal acetylenes is 1. The maximum Gasteiger partial charge on any atom is 0.318 e. The number of halogens is 2. The van der Waals surface area contributed by atoms with Gasteiger partial charge in [0.2, 0.25) is 0 Å². The summed E-state index contributed by atoms with van der Waals surface area (Å²) in [6.45, 7) is 0.855. The van der Waals surface area contributed by atoms with Gasteiger partial charge in [-0.25, -0.2) is 13.6 Å². The molecular formula is C16H16F2N2O2. The molecule has 6 heteroatoms. The normalized spacial score (nSPS) is 23.4. The molecule has 0 saturated carbocycles. The van der Waals surface area contributed by atoms with Crippen molar-refractivity contribution in [1.82, 2.24) is 10.2 Å². The van der Waals surface area contributed by atoms with Crippen LogP contribution in [0.2, 0.25) is 0 Å². The Bertz CT molecular complexity index is 642. The number of likely N-dealkylation sites (tertiary alicyclic amines) is 1. The van der Waals surface area contributed by atoms with E-state index in [2.05, 4.69) is 11.2 Å². The van der Waals surface area contributed by atoms with Gasteiger partial charge in [-0.15, -0.1) is 6.42 Å². The lowest BCUT2D eigenvalue weighted by Crippen LogP contribution is -2.44. The second-order valence-electron chi connectivity index (χ2n) is 5.46. The molecule has 2 atom stereocenters. The smallest absolute Gasteiger partial charge is 0.318 e. The third-order valence-electron chi connectivity index (χ3n) is 4.07. The number of hydrogen-bond donors (Lipinski definition) is 1. The molecular weight excluding hydrogens is 290 g/mol. The highest BCUT2D eigenvalue weighted by Gasteiger charge is 2.31. The standard InChI is InChI=1S/C16H16F2N2O2/c1-2-11-4-3-6-20(11)16(21)19-14-5-7-22-15-12(14)8-10(17)9-13(15)18/h1,8-9,11,14H,3-7H2,(H,19,21)/t11-,14-/m0/s1. The number of urea groups is 1. The first-order valence-corrected chi connectivity index (χ1v) is 7.25. The Morgan fingerprint density at radius 3 is 3.00 bits per heavy atom. The Labute approximate surface area is 127 Å². The van der Waals surface area contributed by atoms with Crippen molar-refractivity contribution in [1.29, 1.82) is 0 Å². The van der Waals surface area contributed by atoms with Crippen LogP contribution in [0.15, 0.2) is 12.1 Å². The highest BCUT2D eigenvalue weighted by molar-refractivity contribution is 5.76. The quantitative estimate of drug-likeness (QED) is 0.810. The molecule has 116 valence electrons. The highest BCUT2D eigenvalue weighted by atomic mass is 19.1. The topological polar surface area (TPSA) is 41.6 Å². The average Bonchev–Trinajstić information content (AvgIpc) is 2.96. The van der Waals surface area contributed by atoms with Gasteiger partial charge in [-0.3, -0.25) is 0 Å². The van der Waals surface area contributed by atoms with E-state index in [0.29, 0.717) is 18.5 Å². The summed E-state index contributed by atoms with van der Waals surface area (Å²) in [5.74, 6) is 1.15. The van der Waals surface area contributed by atoms with Crippen LogP contribution in [-0.2, 0) is 0 Å². The second-order valence-corrected chi connectivity index (χ2v) is 5.46. The monoisotopic (exact) mass is 306 g/mol. The highest BCUT2D eigenvalue weighted by Crippen LogP contribution is 2.35. The molecule has 2 amide bonds. The molecule has 0 spiro atoms. The molecule has 0 radical (unpaired) electrons. The molecule has 3 rings (SSSR count). The fourth-order valence-corrected chi connectivity index (χ4v) is 2.99. The van der Waals surface area contributed by atoms with Gasteiger partial charge < -0.3 is 15.0 Å². The summed E-state index contributed by atoms with van der Waals surface area (Å²) in [4.78, 5) is 13.9. The van der Waals surface area contributed by atoms with E-state index < -0.39 is 17.7 Å². The van der Waals surface area contributed by atoms with Crippen LogP contribution in [0.3, 0.4) is 0 Å². The molecule has 2 aliphatic heterocycles. The van der Waals surface area contributed by atoms with Gasteiger partial charge in [-0.05, 0) is 18.9 Å². The van der Waals surface area contributed by atoms with Crippen molar-refractivity contribution in [2.45, 2.75) is 31.3 Å². The van der Waals surface area contributed by atoms with Gasteiger partial charge in [0.25, 0.3) is 0 Å². The van der Waals surface area contributed by atoms with Crippen LogP contribution in [0.5, 0.6) is 5.75 Å². The lowest BCUT2D eigenvalue weighted by Gasteiger charge is -2.30. The number of rotatable bonds is 1. The van der Waals surface area contributed by atoms with Gasteiger partial charge in [0.05, 0.1) is 18.7 Å². The fourth-order valence-electron chi connectivity index (χ4n) is 2.99. The molecule has 2 aliphatic rings. The van der Waals surface area contributed by atoms with Crippen LogP contribution < -0.4 is 10.1 Å². The SMILES string of the molecule is C#C[C@H]1CCCN1C(=O)N[C@H]1CCOc2c(F)cc(F)cc21. The van der Waals surface area contributed by atoms with Crippen molar-refractivity contribution in [2.24, 2.45) is 0 Å². The second kappa shape index (κ2) is 5.84. The van der Waals surface area contributed by atoms with E-state index in [0.717, 1.165) is 18.9 Å². The predicted molar refractivity (Wildman–Crippen MR) is 76.3 cm³/mol. The van der Waals surface area contributed by atoms with E-state index in [4.69, 9.17) is 11.2 Å². The number of carbonyl (C=O) groups is 1. The van der Waals surface area contributed by atoms with Crippen LogP contribution in [0.25, 0.3) is 0 Å². The van der Waals surface area contributed by atoms with Crippen LogP contribution >= 0.6 is 0 Å². The number of nitrogens with zero attached hydrogens (tertiary/aromatic N) is 1. The molecule has 4 nitrogen and oxygen atoms in total. The summed E-state index contributed by atoms with van der Waals surface area (Å²) >= 11 is 0. The van der Waals surface area contributed by atoms with Crippen molar-refractivity contribution >= 4 is 6.03 Å². The minimum Gasteiger partial charge on any atom is -0.490 e. The van der Waals surface area contributed by atoms with E-state index in [9.17, 15) is 13.6 Å². The van der Waals surface area contributed by atoms with Crippen molar-refractivity contribution in [2.75, 3.05) is 13.2 Å². The Balaban J connectivity index is 1.80. The Morgan fingerprint density at radius 1 is 1.41 bits per heavy atom. The van der Waals surface area contributed by atoms with Gasteiger partial charge >= 0.3 is 6.03 Å². The van der Waals surface area contributed by atoms with Crippen LogP contribution in [0.4, 0.5) is 13.6 Å². The van der Waals surface area contributed by atoms with E-state index in [1.54, 1.807) is 4.90 Å². The van der Waals surface area contributed by atoms with E-state index in [-0.39, 0.29) is 24.4 Å². The summed E-state index contributed by atoms with van der Waals surface area (Å²) in [5.41, 5.74) is 0.327. The third-order valence-corrected chi connectivity index (χ3v) is 4.07. The molecule has 2 heterocycles. The number of ether oxygens (including phenoxy) is 1. The summed E-state index contributed by atoms with van der Waals surface area (Å²) in [6, 6.07) is 0.968. The molecule has 0 unspecified atom stereocenters. The minimum atomic E-state index is -0.753. The van der Waals surface area contributed by atoms with Crippen molar-refractivity contribution in [3.63, 3.8) is 0 Å². The third kappa shape index (κ3) is 2.59. The van der Waals surface area contributed by atoms with Crippen molar-refractivity contribution < 1.29 is 18.3 Å². The van der Waals surface area contributed by atoms with Crippen molar-refractivity contribution in [3.05, 3.63) is 29.3 Å². The van der Waals surface area contributed by atoms with Gasteiger partial charge in [0.1, 0.15) is 5.82 Å². The lowest BCUT2D eigenvalue weighted by atomic mass is 10.00. The molecule has 1 saturated heterocycles. The van der Waals surface area contributed by atoms with Crippen molar-refractivity contribution in [3.8, 4) is 18.1 Å². The number of nitrogens with one attached hydrogen (secondary N) is 1. The lowest BCUT2D eigenvalue weighted by molar-refractivity contribution is 0.188. The molecule has 1 aromatic rings. The summed E-state index contributed by atoms with van der Waals surface area (Å²) in [5, 5.41) is 2.81. The number of benzene rings is 1. The van der Waals surface area contributed by atoms with Gasteiger partial charge in [-0.2, -0.15) is 0 Å².